The third kappa shape index (κ3) is 4.38. The Morgan fingerprint density at radius 2 is 2.03 bits per heavy atom. The van der Waals surface area contributed by atoms with E-state index >= 15 is 0 Å². The second-order valence-corrected chi connectivity index (χ2v) is 8.76. The van der Waals surface area contributed by atoms with Crippen molar-refractivity contribution >= 4 is 23.4 Å². The molecule has 1 unspecified atom stereocenters. The van der Waals surface area contributed by atoms with Gasteiger partial charge in [0.2, 0.25) is 5.76 Å². The summed E-state index contributed by atoms with van der Waals surface area (Å²) in [5, 5.41) is 20.4. The van der Waals surface area contributed by atoms with Gasteiger partial charge in [-0.3, -0.25) is 9.59 Å². The maximum Gasteiger partial charge on any atom is 0.290 e. The number of carbonyl (C=O) groups excluding carboxylic acids is 2. The van der Waals surface area contributed by atoms with Crippen LogP contribution in [-0.2, 0) is 4.79 Å². The maximum atomic E-state index is 13.5. The molecule has 8 nitrogen and oxygen atoms in total. The standard InChI is InChI=1S/C21H23ClFN3O5/c1-12-8-16(31-26-12)19(29)25-20-4-6-21(7-5-20,17(27)10-20)24-18(28)11-30-13-2-3-14(22)15(23)9-13/h2-3,8-9,17,27H,4-7,10-11H2,1H3,(H,24,28)(H,25,29). The number of ether oxygens (including phenoxy) is 1. The fourth-order valence-electron chi connectivity index (χ4n) is 4.46. The highest BCUT2D eigenvalue weighted by Gasteiger charge is 2.55. The Hall–Kier alpha value is -2.65. The van der Waals surface area contributed by atoms with Crippen LogP contribution in [0.5, 0.6) is 5.75 Å². The van der Waals surface area contributed by atoms with E-state index in [0.717, 1.165) is 6.07 Å². The third-order valence-corrected chi connectivity index (χ3v) is 6.51. The van der Waals surface area contributed by atoms with Crippen molar-refractivity contribution in [1.29, 1.82) is 0 Å². The monoisotopic (exact) mass is 451 g/mol. The zero-order valence-corrected chi connectivity index (χ0v) is 17.7. The normalized spacial score (nSPS) is 27.0. The Morgan fingerprint density at radius 3 is 2.65 bits per heavy atom. The molecule has 5 rings (SSSR count). The van der Waals surface area contributed by atoms with Crippen LogP contribution in [0.2, 0.25) is 5.02 Å². The number of aryl methyl sites for hydroxylation is 1. The van der Waals surface area contributed by atoms with Gasteiger partial charge in [0, 0.05) is 17.7 Å². The lowest BCUT2D eigenvalue weighted by Crippen LogP contribution is -2.70. The van der Waals surface area contributed by atoms with Gasteiger partial charge < -0.3 is 25.0 Å². The van der Waals surface area contributed by atoms with Crippen molar-refractivity contribution in [3.63, 3.8) is 0 Å². The van der Waals surface area contributed by atoms with E-state index in [-0.39, 0.29) is 29.0 Å². The van der Waals surface area contributed by atoms with Gasteiger partial charge in [-0.25, -0.2) is 4.39 Å². The lowest BCUT2D eigenvalue weighted by molar-refractivity contribution is -0.132. The number of aliphatic hydroxyl groups excluding tert-OH is 1. The first-order valence-electron chi connectivity index (χ1n) is 10.0. The lowest BCUT2D eigenvalue weighted by atomic mass is 9.60. The molecule has 1 atom stereocenters. The van der Waals surface area contributed by atoms with Crippen LogP contribution < -0.4 is 15.4 Å². The van der Waals surface area contributed by atoms with Gasteiger partial charge in [0.05, 0.1) is 22.4 Å². The predicted molar refractivity (Wildman–Crippen MR) is 108 cm³/mol. The van der Waals surface area contributed by atoms with Gasteiger partial charge in [-0.1, -0.05) is 16.8 Å². The number of nitrogens with one attached hydrogen (secondary N) is 2. The number of halogens is 2. The van der Waals surface area contributed by atoms with Gasteiger partial charge in [-0.2, -0.15) is 0 Å². The van der Waals surface area contributed by atoms with Gasteiger partial charge in [-0.15, -0.1) is 0 Å². The van der Waals surface area contributed by atoms with E-state index in [1.807, 2.05) is 0 Å². The summed E-state index contributed by atoms with van der Waals surface area (Å²) >= 11 is 5.64. The van der Waals surface area contributed by atoms with Crippen molar-refractivity contribution < 1.29 is 28.3 Å². The average Bonchev–Trinajstić information content (AvgIpc) is 3.17. The maximum absolute atomic E-state index is 13.5. The van der Waals surface area contributed by atoms with Crippen molar-refractivity contribution in [3.8, 4) is 5.75 Å². The summed E-state index contributed by atoms with van der Waals surface area (Å²) in [5.41, 5.74) is -0.720. The second-order valence-electron chi connectivity index (χ2n) is 8.36. The molecule has 3 aliphatic carbocycles. The SMILES string of the molecule is Cc1cc(C(=O)NC23CCC(NC(=O)COc4ccc(Cl)c(F)c4)(CC2)C(O)C3)on1. The van der Waals surface area contributed by atoms with Crippen LogP contribution in [0, 0.1) is 12.7 Å². The third-order valence-electron chi connectivity index (χ3n) is 6.20. The van der Waals surface area contributed by atoms with Gasteiger partial charge >= 0.3 is 0 Å². The molecule has 0 radical (unpaired) electrons. The Morgan fingerprint density at radius 1 is 1.29 bits per heavy atom. The molecule has 2 bridgehead atoms. The molecule has 3 aliphatic rings. The van der Waals surface area contributed by atoms with Crippen molar-refractivity contribution in [2.45, 2.75) is 56.2 Å². The summed E-state index contributed by atoms with van der Waals surface area (Å²) < 4.78 is 23.9. The molecule has 2 aromatic rings. The molecule has 31 heavy (non-hydrogen) atoms. The molecule has 1 aromatic carbocycles. The highest BCUT2D eigenvalue weighted by Crippen LogP contribution is 2.47. The van der Waals surface area contributed by atoms with Crippen LogP contribution in [0.25, 0.3) is 0 Å². The molecule has 0 aliphatic heterocycles. The zero-order valence-electron chi connectivity index (χ0n) is 16.9. The van der Waals surface area contributed by atoms with E-state index in [1.165, 1.54) is 12.1 Å². The number of amides is 2. The van der Waals surface area contributed by atoms with E-state index in [2.05, 4.69) is 15.8 Å². The summed E-state index contributed by atoms with van der Waals surface area (Å²) in [6.45, 7) is 1.41. The first-order chi connectivity index (χ1) is 14.7. The first-order valence-corrected chi connectivity index (χ1v) is 10.4. The Kier molecular flexibility index (Phi) is 5.65. The van der Waals surface area contributed by atoms with Gasteiger partial charge in [0.25, 0.3) is 11.8 Å². The van der Waals surface area contributed by atoms with Crippen LogP contribution in [0.1, 0.15) is 48.4 Å². The number of hydrogen-bond acceptors (Lipinski definition) is 6. The number of carbonyl (C=O) groups is 2. The van der Waals surface area contributed by atoms with Gasteiger partial charge in [0.15, 0.2) is 6.61 Å². The minimum Gasteiger partial charge on any atom is -0.484 e. The summed E-state index contributed by atoms with van der Waals surface area (Å²) in [7, 11) is 0. The number of nitrogens with zero attached hydrogens (tertiary/aromatic N) is 1. The van der Waals surface area contributed by atoms with Crippen LogP contribution in [0.3, 0.4) is 0 Å². The molecule has 3 N–H and O–H groups in total. The molecular weight excluding hydrogens is 429 g/mol. The molecule has 1 aromatic heterocycles. The average molecular weight is 452 g/mol. The van der Waals surface area contributed by atoms with E-state index in [1.54, 1.807) is 13.0 Å². The lowest BCUT2D eigenvalue weighted by Gasteiger charge is -2.56. The molecule has 3 fully saturated rings. The molecule has 166 valence electrons. The van der Waals surface area contributed by atoms with Gasteiger partial charge in [0.1, 0.15) is 11.6 Å². The second kappa shape index (κ2) is 8.12. The Labute approximate surface area is 183 Å². The van der Waals surface area contributed by atoms with E-state index in [9.17, 15) is 19.1 Å². The number of hydrogen-bond donors (Lipinski definition) is 3. The van der Waals surface area contributed by atoms with Crippen molar-refractivity contribution in [2.75, 3.05) is 6.61 Å². The fourth-order valence-corrected chi connectivity index (χ4v) is 4.58. The van der Waals surface area contributed by atoms with Crippen molar-refractivity contribution in [2.24, 2.45) is 0 Å². The summed E-state index contributed by atoms with van der Waals surface area (Å²) in [5.74, 6) is -1.09. The first kappa shape index (κ1) is 21.6. The summed E-state index contributed by atoms with van der Waals surface area (Å²) in [6.07, 6.45) is 1.70. The fraction of sp³-hybridized carbons (Fsp3) is 0.476. The number of rotatable bonds is 6. The van der Waals surface area contributed by atoms with Crippen molar-refractivity contribution in [3.05, 3.63) is 46.6 Å². The van der Waals surface area contributed by atoms with Crippen LogP contribution >= 0.6 is 11.6 Å². The number of fused-ring (bicyclic) bond motifs is 3. The molecular formula is C21H23ClFN3O5. The van der Waals surface area contributed by atoms with Crippen LogP contribution in [0.4, 0.5) is 4.39 Å². The largest absolute Gasteiger partial charge is 0.484 e. The van der Waals surface area contributed by atoms with E-state index in [4.69, 9.17) is 20.9 Å². The molecule has 1 heterocycles. The van der Waals surface area contributed by atoms with E-state index < -0.39 is 28.9 Å². The Balaban J connectivity index is 1.34. The summed E-state index contributed by atoms with van der Waals surface area (Å²) in [4.78, 5) is 24.9. The molecule has 0 spiro atoms. The smallest absolute Gasteiger partial charge is 0.290 e. The molecule has 10 heteroatoms. The minimum absolute atomic E-state index is 0.0303. The van der Waals surface area contributed by atoms with Gasteiger partial charge in [-0.05, 0) is 51.2 Å². The minimum atomic E-state index is -0.830. The topological polar surface area (TPSA) is 114 Å². The highest BCUT2D eigenvalue weighted by atomic mass is 35.5. The zero-order chi connectivity index (χ0) is 22.2. The van der Waals surface area contributed by atoms with Crippen molar-refractivity contribution in [1.82, 2.24) is 15.8 Å². The summed E-state index contributed by atoms with van der Waals surface area (Å²) in [6, 6.07) is 5.49. The van der Waals surface area contributed by atoms with E-state index in [0.29, 0.717) is 37.8 Å². The molecule has 0 saturated heterocycles. The Bertz CT molecular complexity index is 1000. The number of benzene rings is 1. The van der Waals surface area contributed by atoms with Crippen LogP contribution in [-0.4, -0.2) is 45.9 Å². The number of aliphatic hydroxyl groups is 1. The quantitative estimate of drug-likeness (QED) is 0.622. The predicted octanol–water partition coefficient (Wildman–Crippen LogP) is 2.52. The van der Waals surface area contributed by atoms with Crippen LogP contribution in [0.15, 0.2) is 28.8 Å². The highest BCUT2D eigenvalue weighted by molar-refractivity contribution is 6.30. The molecule has 2 amide bonds. The number of aromatic nitrogens is 1. The molecule has 3 saturated carbocycles.